The Balaban J connectivity index is 1.52. The van der Waals surface area contributed by atoms with E-state index in [1.54, 1.807) is 27.0 Å². The van der Waals surface area contributed by atoms with Crippen LogP contribution in [0.25, 0.3) is 34.0 Å². The van der Waals surface area contributed by atoms with Crippen molar-refractivity contribution in [2.45, 2.75) is 27.4 Å². The molecule has 0 aliphatic heterocycles. The van der Waals surface area contributed by atoms with Gasteiger partial charge in [0.1, 0.15) is 5.82 Å². The SMILES string of the molecule is CCOC(=O)C(C)CNC(=O)c1ccc(-c2noc(-c3ccc(-c4ccccc4C)c(COC)c3)n2)cc1F. The third-order valence-corrected chi connectivity index (χ3v) is 6.24. The minimum Gasteiger partial charge on any atom is -0.466 e. The highest BCUT2D eigenvalue weighted by atomic mass is 19.1. The Morgan fingerprint density at radius 1 is 1.05 bits per heavy atom. The van der Waals surface area contributed by atoms with Crippen LogP contribution >= 0.6 is 0 Å². The van der Waals surface area contributed by atoms with Crippen LogP contribution in [-0.4, -0.2) is 42.3 Å². The van der Waals surface area contributed by atoms with Gasteiger partial charge in [0.2, 0.25) is 5.82 Å². The number of hydrogen-bond acceptors (Lipinski definition) is 7. The Hall–Kier alpha value is -4.37. The van der Waals surface area contributed by atoms with Gasteiger partial charge < -0.3 is 19.3 Å². The lowest BCUT2D eigenvalue weighted by atomic mass is 9.94. The minimum absolute atomic E-state index is 0.0285. The predicted octanol–water partition coefficient (Wildman–Crippen LogP) is 5.59. The number of methoxy groups -OCH3 is 1. The number of carbonyl (C=O) groups excluding carboxylic acids is 2. The zero-order chi connectivity index (χ0) is 27.9. The highest BCUT2D eigenvalue weighted by molar-refractivity contribution is 5.95. The van der Waals surface area contributed by atoms with Crippen molar-refractivity contribution in [3.05, 3.63) is 83.2 Å². The average molecular weight is 532 g/mol. The molecule has 9 heteroatoms. The summed E-state index contributed by atoms with van der Waals surface area (Å²) in [7, 11) is 1.64. The first-order valence-corrected chi connectivity index (χ1v) is 12.6. The van der Waals surface area contributed by atoms with Crippen molar-refractivity contribution in [1.29, 1.82) is 0 Å². The summed E-state index contributed by atoms with van der Waals surface area (Å²) in [4.78, 5) is 28.6. The van der Waals surface area contributed by atoms with Gasteiger partial charge in [-0.1, -0.05) is 48.5 Å². The van der Waals surface area contributed by atoms with E-state index >= 15 is 0 Å². The molecule has 0 aliphatic carbocycles. The smallest absolute Gasteiger partial charge is 0.310 e. The summed E-state index contributed by atoms with van der Waals surface area (Å²) < 4.78 is 30.7. The quantitative estimate of drug-likeness (QED) is 0.266. The topological polar surface area (TPSA) is 104 Å². The van der Waals surface area contributed by atoms with Crippen LogP contribution in [-0.2, 0) is 20.9 Å². The summed E-state index contributed by atoms with van der Waals surface area (Å²) in [5, 5.41) is 6.57. The zero-order valence-electron chi connectivity index (χ0n) is 22.3. The molecular formula is C30H30FN3O5. The van der Waals surface area contributed by atoms with Gasteiger partial charge in [-0.15, -0.1) is 0 Å². The van der Waals surface area contributed by atoms with Crippen molar-refractivity contribution >= 4 is 11.9 Å². The molecule has 0 fully saturated rings. The van der Waals surface area contributed by atoms with Crippen LogP contribution in [0.2, 0.25) is 0 Å². The van der Waals surface area contributed by atoms with Gasteiger partial charge in [-0.3, -0.25) is 9.59 Å². The Morgan fingerprint density at radius 2 is 1.82 bits per heavy atom. The molecule has 1 heterocycles. The highest BCUT2D eigenvalue weighted by Gasteiger charge is 2.19. The van der Waals surface area contributed by atoms with Crippen molar-refractivity contribution in [3.63, 3.8) is 0 Å². The third-order valence-electron chi connectivity index (χ3n) is 6.24. The van der Waals surface area contributed by atoms with Gasteiger partial charge in [-0.25, -0.2) is 4.39 Å². The summed E-state index contributed by atoms with van der Waals surface area (Å²) in [6.07, 6.45) is 0. The van der Waals surface area contributed by atoms with Gasteiger partial charge in [0, 0.05) is 24.8 Å². The molecule has 4 aromatic rings. The lowest BCUT2D eigenvalue weighted by Crippen LogP contribution is -2.32. The molecule has 1 unspecified atom stereocenters. The molecule has 3 aromatic carbocycles. The van der Waals surface area contributed by atoms with E-state index in [1.807, 2.05) is 30.3 Å². The van der Waals surface area contributed by atoms with E-state index < -0.39 is 23.6 Å². The number of carbonyl (C=O) groups is 2. The molecule has 8 nitrogen and oxygen atoms in total. The third kappa shape index (κ3) is 6.38. The number of hydrogen-bond donors (Lipinski definition) is 1. The van der Waals surface area contributed by atoms with Gasteiger partial charge in [0.25, 0.3) is 11.8 Å². The monoisotopic (exact) mass is 531 g/mol. The van der Waals surface area contributed by atoms with Gasteiger partial charge in [0.15, 0.2) is 0 Å². The second kappa shape index (κ2) is 12.4. The first kappa shape index (κ1) is 27.7. The normalized spacial score (nSPS) is 11.7. The van der Waals surface area contributed by atoms with Crippen molar-refractivity contribution < 1.29 is 28.0 Å². The standard InChI is InChI=1S/C30H30FN3O5/c1-5-38-30(36)19(3)16-32-28(35)25-13-10-20(15-26(25)31)27-33-29(39-34-27)21-11-12-24(22(14-21)17-37-4)23-9-7-6-8-18(23)2/h6-15,19H,5,16-17H2,1-4H3,(H,32,35). The number of benzene rings is 3. The van der Waals surface area contributed by atoms with Crippen molar-refractivity contribution in [2.24, 2.45) is 5.92 Å². The Bertz CT molecular complexity index is 1480. The summed E-state index contributed by atoms with van der Waals surface area (Å²) in [5.74, 6) is -1.91. The molecule has 0 bridgehead atoms. The van der Waals surface area contributed by atoms with Gasteiger partial charge in [-0.05, 0) is 60.4 Å². The fourth-order valence-electron chi connectivity index (χ4n) is 4.14. The van der Waals surface area contributed by atoms with Gasteiger partial charge >= 0.3 is 5.97 Å². The summed E-state index contributed by atoms with van der Waals surface area (Å²) in [6, 6.07) is 18.0. The van der Waals surface area contributed by atoms with E-state index in [0.29, 0.717) is 17.7 Å². The fraction of sp³-hybridized carbons (Fsp3) is 0.267. The predicted molar refractivity (Wildman–Crippen MR) is 144 cm³/mol. The number of aryl methyl sites for hydroxylation is 1. The second-order valence-corrected chi connectivity index (χ2v) is 9.10. The molecule has 1 aromatic heterocycles. The maximum absolute atomic E-state index is 14.8. The number of aromatic nitrogens is 2. The van der Waals surface area contributed by atoms with E-state index in [4.69, 9.17) is 14.0 Å². The lowest BCUT2D eigenvalue weighted by Gasteiger charge is -2.12. The van der Waals surface area contributed by atoms with Gasteiger partial charge in [0.05, 0.1) is 24.7 Å². The summed E-state index contributed by atoms with van der Waals surface area (Å²) in [6.45, 7) is 6.06. The van der Waals surface area contributed by atoms with E-state index in [2.05, 4.69) is 34.5 Å². The molecule has 4 rings (SSSR count). The number of ether oxygens (including phenoxy) is 2. The molecule has 0 spiro atoms. The highest BCUT2D eigenvalue weighted by Crippen LogP contribution is 2.32. The average Bonchev–Trinajstić information content (AvgIpc) is 3.43. The van der Waals surface area contributed by atoms with Crippen LogP contribution in [0.15, 0.2) is 65.2 Å². The maximum Gasteiger partial charge on any atom is 0.310 e. The number of nitrogens with zero attached hydrogens (tertiary/aromatic N) is 2. The van der Waals surface area contributed by atoms with Crippen LogP contribution in [0, 0.1) is 18.7 Å². The molecule has 202 valence electrons. The molecule has 0 aliphatic rings. The van der Waals surface area contributed by atoms with E-state index in [9.17, 15) is 14.0 Å². The Labute approximate surface area is 226 Å². The Kier molecular flexibility index (Phi) is 8.83. The number of esters is 1. The van der Waals surface area contributed by atoms with Crippen LogP contribution in [0.3, 0.4) is 0 Å². The number of amides is 1. The largest absolute Gasteiger partial charge is 0.466 e. The van der Waals surface area contributed by atoms with Crippen molar-refractivity contribution in [2.75, 3.05) is 20.3 Å². The summed E-state index contributed by atoms with van der Waals surface area (Å²) >= 11 is 0. The Morgan fingerprint density at radius 3 is 2.54 bits per heavy atom. The van der Waals surface area contributed by atoms with Crippen LogP contribution in [0.4, 0.5) is 4.39 Å². The second-order valence-electron chi connectivity index (χ2n) is 9.10. The van der Waals surface area contributed by atoms with E-state index in [-0.39, 0.29) is 30.4 Å². The molecule has 1 amide bonds. The van der Waals surface area contributed by atoms with Crippen LogP contribution < -0.4 is 5.32 Å². The summed E-state index contributed by atoms with van der Waals surface area (Å²) in [5.41, 5.74) is 5.16. The minimum atomic E-state index is -0.745. The first-order chi connectivity index (χ1) is 18.8. The fourth-order valence-corrected chi connectivity index (χ4v) is 4.14. The number of rotatable bonds is 10. The molecular weight excluding hydrogens is 501 g/mol. The van der Waals surface area contributed by atoms with E-state index in [1.165, 1.54) is 12.1 Å². The molecule has 0 radical (unpaired) electrons. The lowest BCUT2D eigenvalue weighted by molar-refractivity contribution is -0.147. The number of halogens is 1. The molecule has 1 N–H and O–H groups in total. The molecule has 1 atom stereocenters. The van der Waals surface area contributed by atoms with Crippen molar-refractivity contribution in [3.8, 4) is 34.0 Å². The van der Waals surface area contributed by atoms with Crippen molar-refractivity contribution in [1.82, 2.24) is 15.5 Å². The zero-order valence-corrected chi connectivity index (χ0v) is 22.3. The first-order valence-electron chi connectivity index (χ1n) is 12.6. The number of nitrogens with one attached hydrogen (secondary N) is 1. The van der Waals surface area contributed by atoms with Gasteiger partial charge in [-0.2, -0.15) is 4.98 Å². The maximum atomic E-state index is 14.8. The van der Waals surface area contributed by atoms with E-state index in [0.717, 1.165) is 22.3 Å². The van der Waals surface area contributed by atoms with Crippen LogP contribution in [0.1, 0.15) is 35.3 Å². The molecule has 0 saturated carbocycles. The van der Waals surface area contributed by atoms with Crippen LogP contribution in [0.5, 0.6) is 0 Å². The molecule has 39 heavy (non-hydrogen) atoms. The molecule has 0 saturated heterocycles.